The molecule has 0 aromatic heterocycles. The van der Waals surface area contributed by atoms with Crippen molar-refractivity contribution in [3.63, 3.8) is 0 Å². The Morgan fingerprint density at radius 3 is 2.46 bits per heavy atom. The van der Waals surface area contributed by atoms with E-state index in [1.54, 1.807) is 13.8 Å². The Balaban J connectivity index is 2.34. The minimum atomic E-state index is -4.05. The second-order valence-electron chi connectivity index (χ2n) is 6.09. The first kappa shape index (κ1) is 21.3. The number of hydrogen-bond acceptors (Lipinski definition) is 6. The van der Waals surface area contributed by atoms with E-state index in [2.05, 4.69) is 10.0 Å². The van der Waals surface area contributed by atoms with Gasteiger partial charge in [-0.05, 0) is 37.1 Å². The molecule has 2 rings (SSSR count). The molecule has 2 N–H and O–H groups in total. The number of carbonyl (C=O) groups is 1. The van der Waals surface area contributed by atoms with Crippen LogP contribution in [0.5, 0.6) is 0 Å². The highest BCUT2D eigenvalue weighted by Crippen LogP contribution is 2.25. The summed E-state index contributed by atoms with van der Waals surface area (Å²) in [5, 5.41) is 13.6. The molecule has 28 heavy (non-hydrogen) atoms. The SMILES string of the molecule is COCCNC(=O)c1cc(S(=O)(=O)Nc2cc([N+](=O)[O-])ccc2C)ccc1C. The van der Waals surface area contributed by atoms with Crippen molar-refractivity contribution in [3.8, 4) is 0 Å². The maximum Gasteiger partial charge on any atom is 0.271 e. The number of anilines is 1. The normalized spacial score (nSPS) is 11.1. The lowest BCUT2D eigenvalue weighted by Crippen LogP contribution is -2.28. The summed E-state index contributed by atoms with van der Waals surface area (Å²) in [7, 11) is -2.55. The molecule has 0 aliphatic carbocycles. The van der Waals surface area contributed by atoms with Gasteiger partial charge in [-0.1, -0.05) is 12.1 Å². The molecule has 0 fully saturated rings. The number of nitrogens with one attached hydrogen (secondary N) is 2. The Bertz CT molecular complexity index is 1000. The number of rotatable bonds is 8. The Hall–Kier alpha value is -2.98. The number of ether oxygens (including phenoxy) is 1. The minimum Gasteiger partial charge on any atom is -0.383 e. The summed E-state index contributed by atoms with van der Waals surface area (Å²) in [4.78, 5) is 22.5. The Morgan fingerprint density at radius 2 is 1.82 bits per heavy atom. The molecule has 0 aliphatic rings. The molecule has 0 spiro atoms. The molecule has 0 heterocycles. The van der Waals surface area contributed by atoms with E-state index < -0.39 is 20.9 Å². The summed E-state index contributed by atoms with van der Waals surface area (Å²) >= 11 is 0. The molecular formula is C18H21N3O6S. The topological polar surface area (TPSA) is 128 Å². The van der Waals surface area contributed by atoms with Crippen LogP contribution in [-0.2, 0) is 14.8 Å². The molecule has 1 amide bonds. The van der Waals surface area contributed by atoms with Crippen molar-refractivity contribution < 1.29 is 22.9 Å². The van der Waals surface area contributed by atoms with Crippen LogP contribution in [-0.4, -0.2) is 39.5 Å². The lowest BCUT2D eigenvalue weighted by molar-refractivity contribution is -0.384. The van der Waals surface area contributed by atoms with E-state index in [9.17, 15) is 23.3 Å². The van der Waals surface area contributed by atoms with Gasteiger partial charge in [0.1, 0.15) is 0 Å². The number of non-ortho nitro benzene ring substituents is 1. The molecule has 0 saturated carbocycles. The van der Waals surface area contributed by atoms with Gasteiger partial charge < -0.3 is 10.1 Å². The van der Waals surface area contributed by atoms with E-state index in [0.717, 1.165) is 6.07 Å². The van der Waals surface area contributed by atoms with E-state index in [4.69, 9.17) is 4.74 Å². The molecule has 0 atom stereocenters. The van der Waals surface area contributed by atoms with Crippen molar-refractivity contribution in [3.05, 3.63) is 63.2 Å². The van der Waals surface area contributed by atoms with E-state index in [1.165, 1.54) is 37.4 Å². The molecule has 0 saturated heterocycles. The van der Waals surface area contributed by atoms with Crippen LogP contribution in [0.1, 0.15) is 21.5 Å². The summed E-state index contributed by atoms with van der Waals surface area (Å²) in [6, 6.07) is 8.07. The summed E-state index contributed by atoms with van der Waals surface area (Å²) in [6.45, 7) is 3.94. The zero-order chi connectivity index (χ0) is 20.9. The van der Waals surface area contributed by atoms with Crippen molar-refractivity contribution in [1.82, 2.24) is 5.32 Å². The van der Waals surface area contributed by atoms with Crippen LogP contribution in [0.25, 0.3) is 0 Å². The van der Waals surface area contributed by atoms with Gasteiger partial charge in [0.15, 0.2) is 0 Å². The lowest BCUT2D eigenvalue weighted by atomic mass is 10.1. The van der Waals surface area contributed by atoms with Crippen LogP contribution in [0.2, 0.25) is 0 Å². The summed E-state index contributed by atoms with van der Waals surface area (Å²) in [6.07, 6.45) is 0. The second-order valence-corrected chi connectivity index (χ2v) is 7.77. The van der Waals surface area contributed by atoms with Gasteiger partial charge in [0.25, 0.3) is 21.6 Å². The third-order valence-corrected chi connectivity index (χ3v) is 5.40. The number of sulfonamides is 1. The molecular weight excluding hydrogens is 386 g/mol. The fourth-order valence-corrected chi connectivity index (χ4v) is 3.56. The van der Waals surface area contributed by atoms with Crippen LogP contribution < -0.4 is 10.0 Å². The summed E-state index contributed by atoms with van der Waals surface area (Å²) in [5.41, 5.74) is 1.22. The van der Waals surface area contributed by atoms with Gasteiger partial charge in [0.2, 0.25) is 0 Å². The average Bonchev–Trinajstić information content (AvgIpc) is 2.63. The van der Waals surface area contributed by atoms with Crippen molar-refractivity contribution in [2.24, 2.45) is 0 Å². The Morgan fingerprint density at radius 1 is 1.14 bits per heavy atom. The van der Waals surface area contributed by atoms with E-state index in [1.807, 2.05) is 0 Å². The van der Waals surface area contributed by atoms with Crippen molar-refractivity contribution in [2.75, 3.05) is 25.0 Å². The van der Waals surface area contributed by atoms with Gasteiger partial charge in [0, 0.05) is 31.4 Å². The number of benzene rings is 2. The van der Waals surface area contributed by atoms with Crippen LogP contribution >= 0.6 is 0 Å². The average molecular weight is 407 g/mol. The minimum absolute atomic E-state index is 0.0980. The number of carbonyl (C=O) groups excluding carboxylic acids is 1. The maximum absolute atomic E-state index is 12.7. The van der Waals surface area contributed by atoms with Gasteiger partial charge >= 0.3 is 0 Å². The molecule has 0 unspecified atom stereocenters. The summed E-state index contributed by atoms with van der Waals surface area (Å²) < 4.78 is 32.7. The van der Waals surface area contributed by atoms with E-state index in [0.29, 0.717) is 17.7 Å². The zero-order valence-corrected chi connectivity index (χ0v) is 16.5. The highest BCUT2D eigenvalue weighted by molar-refractivity contribution is 7.92. The van der Waals surface area contributed by atoms with Crippen LogP contribution in [0.15, 0.2) is 41.3 Å². The van der Waals surface area contributed by atoms with Crippen LogP contribution in [0.3, 0.4) is 0 Å². The van der Waals surface area contributed by atoms with Crippen LogP contribution in [0.4, 0.5) is 11.4 Å². The number of nitro groups is 1. The monoisotopic (exact) mass is 407 g/mol. The standard InChI is InChI=1S/C18H21N3O6S/c1-12-5-7-15(11-16(12)18(22)19-8-9-27-3)28(25,26)20-17-10-14(21(23)24)6-4-13(17)2/h4-7,10-11,20H,8-9H2,1-3H3,(H,19,22). The van der Waals surface area contributed by atoms with Gasteiger partial charge in [-0.3, -0.25) is 19.6 Å². The number of nitrogens with zero attached hydrogens (tertiary/aromatic N) is 1. The van der Waals surface area contributed by atoms with Crippen molar-refractivity contribution >= 4 is 27.3 Å². The summed E-state index contributed by atoms with van der Waals surface area (Å²) in [5.74, 6) is -0.418. The van der Waals surface area contributed by atoms with Crippen molar-refractivity contribution in [1.29, 1.82) is 0 Å². The van der Waals surface area contributed by atoms with Gasteiger partial charge in [-0.2, -0.15) is 0 Å². The van der Waals surface area contributed by atoms with Gasteiger partial charge in [-0.25, -0.2) is 8.42 Å². The second kappa shape index (κ2) is 8.81. The molecule has 2 aromatic carbocycles. The van der Waals surface area contributed by atoms with Crippen LogP contribution in [0, 0.1) is 24.0 Å². The number of methoxy groups -OCH3 is 1. The predicted octanol–water partition coefficient (Wildman–Crippen LogP) is 2.39. The Kier molecular flexibility index (Phi) is 6.71. The highest BCUT2D eigenvalue weighted by atomic mass is 32.2. The largest absolute Gasteiger partial charge is 0.383 e. The molecule has 0 aliphatic heterocycles. The van der Waals surface area contributed by atoms with E-state index in [-0.39, 0.29) is 28.4 Å². The molecule has 2 aromatic rings. The molecule has 10 heteroatoms. The predicted molar refractivity (Wildman–Crippen MR) is 104 cm³/mol. The van der Waals surface area contributed by atoms with Gasteiger partial charge in [-0.15, -0.1) is 0 Å². The highest BCUT2D eigenvalue weighted by Gasteiger charge is 2.20. The smallest absolute Gasteiger partial charge is 0.271 e. The fourth-order valence-electron chi connectivity index (χ4n) is 2.41. The molecule has 9 nitrogen and oxygen atoms in total. The zero-order valence-electron chi connectivity index (χ0n) is 15.7. The maximum atomic E-state index is 12.7. The molecule has 150 valence electrons. The fraction of sp³-hybridized carbons (Fsp3) is 0.278. The quantitative estimate of drug-likeness (QED) is 0.393. The first-order valence-corrected chi connectivity index (χ1v) is 9.79. The third-order valence-electron chi connectivity index (χ3n) is 4.03. The number of amides is 1. The third kappa shape index (κ3) is 5.05. The first-order chi connectivity index (χ1) is 13.2. The molecule has 0 bridgehead atoms. The lowest BCUT2D eigenvalue weighted by Gasteiger charge is -2.13. The number of nitro benzene ring substituents is 1. The first-order valence-electron chi connectivity index (χ1n) is 8.31. The Labute approximate surface area is 162 Å². The van der Waals surface area contributed by atoms with E-state index >= 15 is 0 Å². The van der Waals surface area contributed by atoms with Crippen molar-refractivity contribution in [2.45, 2.75) is 18.7 Å². The van der Waals surface area contributed by atoms with Gasteiger partial charge in [0.05, 0.1) is 22.1 Å². The number of aryl methyl sites for hydroxylation is 2. The molecule has 0 radical (unpaired) electrons. The number of hydrogen-bond donors (Lipinski definition) is 2.